The van der Waals surface area contributed by atoms with Gasteiger partial charge < -0.3 is 15.0 Å². The van der Waals surface area contributed by atoms with Crippen LogP contribution >= 0.6 is 0 Å². The highest BCUT2D eigenvalue weighted by molar-refractivity contribution is 5.83. The fourth-order valence-corrected chi connectivity index (χ4v) is 1.84. The van der Waals surface area contributed by atoms with Gasteiger partial charge in [-0.25, -0.2) is 0 Å². The normalized spacial score (nSPS) is 11.8. The highest BCUT2D eigenvalue weighted by atomic mass is 16.2. The highest BCUT2D eigenvalue weighted by Gasteiger charge is 2.13. The number of likely N-dealkylation sites (N-methyl/N-ethyl adjacent to an activating group) is 1. The lowest BCUT2D eigenvalue weighted by Gasteiger charge is -2.20. The van der Waals surface area contributed by atoms with Crippen molar-refractivity contribution < 1.29 is 14.4 Å². The van der Waals surface area contributed by atoms with Gasteiger partial charge in [-0.3, -0.25) is 9.59 Å². The van der Waals surface area contributed by atoms with E-state index < -0.39 is 0 Å². The second kappa shape index (κ2) is 9.53. The van der Waals surface area contributed by atoms with Gasteiger partial charge in [-0.2, -0.15) is 0 Å². The van der Waals surface area contributed by atoms with E-state index in [0.717, 1.165) is 19.3 Å². The van der Waals surface area contributed by atoms with E-state index in [0.29, 0.717) is 13.0 Å². The molecule has 0 saturated heterocycles. The summed E-state index contributed by atoms with van der Waals surface area (Å²) in [6.07, 6.45) is 3.25. The van der Waals surface area contributed by atoms with Gasteiger partial charge in [-0.1, -0.05) is 6.42 Å². The van der Waals surface area contributed by atoms with Gasteiger partial charge in [0.2, 0.25) is 11.8 Å². The van der Waals surface area contributed by atoms with Crippen LogP contribution in [0.1, 0.15) is 53.4 Å². The molecule has 5 heteroatoms. The average Bonchev–Trinajstić information content (AvgIpc) is 2.31. The Hall–Kier alpha value is -1.39. The van der Waals surface area contributed by atoms with Crippen LogP contribution in [0, 0.1) is 0 Å². The number of unbranched alkanes of at least 4 members (excludes halogenated alkanes) is 1. The quantitative estimate of drug-likeness (QED) is 0.646. The monoisotopic (exact) mass is 270 g/mol. The van der Waals surface area contributed by atoms with E-state index in [1.807, 2.05) is 13.8 Å². The zero-order chi connectivity index (χ0) is 14.8. The van der Waals surface area contributed by atoms with Gasteiger partial charge in [0.05, 0.1) is 6.54 Å². The van der Waals surface area contributed by atoms with Crippen LogP contribution in [0.2, 0.25) is 0 Å². The van der Waals surface area contributed by atoms with Crippen molar-refractivity contribution in [3.8, 4) is 0 Å². The number of Topliss-reactive ketones (excluding diaryl/α,β-unsaturated/α-hetero) is 1. The van der Waals surface area contributed by atoms with Crippen LogP contribution in [0.15, 0.2) is 0 Å². The maximum absolute atomic E-state index is 11.7. The Morgan fingerprint density at radius 1 is 1.16 bits per heavy atom. The van der Waals surface area contributed by atoms with Crippen LogP contribution in [0.4, 0.5) is 0 Å². The molecule has 0 saturated carbocycles. The average molecular weight is 270 g/mol. The van der Waals surface area contributed by atoms with Gasteiger partial charge >= 0.3 is 0 Å². The second-order valence-electron chi connectivity index (χ2n) is 4.95. The minimum absolute atomic E-state index is 0.0742. The van der Waals surface area contributed by atoms with Crippen LogP contribution in [-0.4, -0.2) is 41.6 Å². The molecule has 0 spiro atoms. The van der Waals surface area contributed by atoms with Crippen molar-refractivity contribution >= 4 is 17.6 Å². The maximum Gasteiger partial charge on any atom is 0.239 e. The summed E-state index contributed by atoms with van der Waals surface area (Å²) in [7, 11) is 0. The third kappa shape index (κ3) is 9.22. The zero-order valence-corrected chi connectivity index (χ0v) is 12.5. The molecule has 0 aromatic carbocycles. The number of hydrogen-bond donors (Lipinski definition) is 1. The van der Waals surface area contributed by atoms with Crippen LogP contribution in [-0.2, 0) is 14.4 Å². The number of carbonyl (C=O) groups is 3. The molecule has 0 aromatic heterocycles. The first-order valence-corrected chi connectivity index (χ1v) is 6.91. The molecular weight excluding hydrogens is 244 g/mol. The van der Waals surface area contributed by atoms with Gasteiger partial charge in [0.15, 0.2) is 0 Å². The largest absolute Gasteiger partial charge is 0.352 e. The Kier molecular flexibility index (Phi) is 8.83. The highest BCUT2D eigenvalue weighted by Crippen LogP contribution is 2.04. The number of amides is 2. The summed E-state index contributed by atoms with van der Waals surface area (Å²) in [6, 6.07) is 0.0742. The van der Waals surface area contributed by atoms with E-state index in [2.05, 4.69) is 5.32 Å². The molecule has 0 aliphatic heterocycles. The number of carbonyl (C=O) groups excluding carboxylic acids is 3. The Balaban J connectivity index is 3.85. The summed E-state index contributed by atoms with van der Waals surface area (Å²) in [5.74, 6) is -0.0142. The molecule has 1 atom stereocenters. The molecular formula is C14H26N2O3. The first-order valence-electron chi connectivity index (χ1n) is 6.91. The molecule has 0 radical (unpaired) electrons. The minimum atomic E-state index is -0.129. The molecule has 110 valence electrons. The molecule has 0 fully saturated rings. The van der Waals surface area contributed by atoms with E-state index in [1.54, 1.807) is 6.92 Å². The van der Waals surface area contributed by atoms with Crippen LogP contribution in [0.25, 0.3) is 0 Å². The predicted molar refractivity (Wildman–Crippen MR) is 74.7 cm³/mol. The fraction of sp³-hybridized carbons (Fsp3) is 0.786. The smallest absolute Gasteiger partial charge is 0.239 e. The molecule has 0 aromatic rings. The van der Waals surface area contributed by atoms with Gasteiger partial charge in [0, 0.05) is 25.9 Å². The van der Waals surface area contributed by atoms with Gasteiger partial charge in [0.1, 0.15) is 5.78 Å². The van der Waals surface area contributed by atoms with Gasteiger partial charge in [-0.05, 0) is 33.6 Å². The third-order valence-electron chi connectivity index (χ3n) is 2.98. The lowest BCUT2D eigenvalue weighted by molar-refractivity contribution is -0.134. The Morgan fingerprint density at radius 3 is 2.26 bits per heavy atom. The van der Waals surface area contributed by atoms with Crippen molar-refractivity contribution in [3.63, 3.8) is 0 Å². The van der Waals surface area contributed by atoms with E-state index in [4.69, 9.17) is 0 Å². The SMILES string of the molecule is CCN(CC(=O)NC(C)CCCCC(C)=O)C(C)=O. The van der Waals surface area contributed by atoms with Gasteiger partial charge in [-0.15, -0.1) is 0 Å². The van der Waals surface area contributed by atoms with Crippen molar-refractivity contribution in [2.75, 3.05) is 13.1 Å². The molecule has 0 aliphatic rings. The lowest BCUT2D eigenvalue weighted by atomic mass is 10.1. The Labute approximate surface area is 115 Å². The number of hydrogen-bond acceptors (Lipinski definition) is 3. The topological polar surface area (TPSA) is 66.5 Å². The minimum Gasteiger partial charge on any atom is -0.352 e. The van der Waals surface area contributed by atoms with Crippen LogP contribution < -0.4 is 5.32 Å². The van der Waals surface area contributed by atoms with E-state index in [1.165, 1.54) is 11.8 Å². The van der Waals surface area contributed by atoms with Crippen molar-refractivity contribution in [2.24, 2.45) is 0 Å². The Bertz CT molecular complexity index is 316. The predicted octanol–water partition coefficient (Wildman–Crippen LogP) is 1.51. The zero-order valence-electron chi connectivity index (χ0n) is 12.5. The van der Waals surface area contributed by atoms with Crippen molar-refractivity contribution in [1.29, 1.82) is 0 Å². The third-order valence-corrected chi connectivity index (χ3v) is 2.98. The molecule has 0 bridgehead atoms. The van der Waals surface area contributed by atoms with E-state index in [9.17, 15) is 14.4 Å². The molecule has 5 nitrogen and oxygen atoms in total. The molecule has 0 rings (SSSR count). The molecule has 1 N–H and O–H groups in total. The molecule has 1 unspecified atom stereocenters. The number of nitrogens with one attached hydrogen (secondary N) is 1. The van der Waals surface area contributed by atoms with Crippen molar-refractivity contribution in [2.45, 2.75) is 59.4 Å². The standard InChI is InChI=1S/C14H26N2O3/c1-5-16(13(4)18)10-14(19)15-11(2)8-6-7-9-12(3)17/h11H,5-10H2,1-4H3,(H,15,19). The van der Waals surface area contributed by atoms with E-state index in [-0.39, 0.29) is 30.2 Å². The van der Waals surface area contributed by atoms with Crippen LogP contribution in [0.5, 0.6) is 0 Å². The number of ketones is 1. The second-order valence-corrected chi connectivity index (χ2v) is 4.95. The summed E-state index contributed by atoms with van der Waals surface area (Å²) in [4.78, 5) is 35.2. The molecule has 2 amide bonds. The van der Waals surface area contributed by atoms with Crippen molar-refractivity contribution in [3.05, 3.63) is 0 Å². The molecule has 0 heterocycles. The lowest BCUT2D eigenvalue weighted by Crippen LogP contribution is -2.42. The van der Waals surface area contributed by atoms with E-state index >= 15 is 0 Å². The first kappa shape index (κ1) is 17.6. The fourth-order valence-electron chi connectivity index (χ4n) is 1.84. The molecule has 0 aliphatic carbocycles. The van der Waals surface area contributed by atoms with Crippen molar-refractivity contribution in [1.82, 2.24) is 10.2 Å². The summed E-state index contributed by atoms with van der Waals surface area (Å²) < 4.78 is 0. The molecule has 19 heavy (non-hydrogen) atoms. The summed E-state index contributed by atoms with van der Waals surface area (Å²) in [6.45, 7) is 7.49. The number of rotatable bonds is 9. The summed E-state index contributed by atoms with van der Waals surface area (Å²) in [5, 5.41) is 2.87. The first-order chi connectivity index (χ1) is 8.86. The van der Waals surface area contributed by atoms with Gasteiger partial charge in [0.25, 0.3) is 0 Å². The summed E-state index contributed by atoms with van der Waals surface area (Å²) >= 11 is 0. The Morgan fingerprint density at radius 2 is 1.79 bits per heavy atom. The van der Waals surface area contributed by atoms with Crippen LogP contribution in [0.3, 0.4) is 0 Å². The summed E-state index contributed by atoms with van der Waals surface area (Å²) in [5.41, 5.74) is 0. The number of nitrogens with zero attached hydrogens (tertiary/aromatic N) is 1. The maximum atomic E-state index is 11.7.